The van der Waals surface area contributed by atoms with Crippen LogP contribution >= 0.6 is 0 Å². The lowest BCUT2D eigenvalue weighted by molar-refractivity contribution is -0.165. The number of hydrogen-bond acceptors (Lipinski definition) is 8. The zero-order chi connectivity index (χ0) is 30.8. The van der Waals surface area contributed by atoms with Crippen LogP contribution in [0.4, 0.5) is 0 Å². The molecular weight excluding hydrogens is 538 g/mol. The number of aromatic nitrogens is 1. The molecular formula is C31H41N5O6. The van der Waals surface area contributed by atoms with Gasteiger partial charge in [0.2, 0.25) is 5.91 Å². The summed E-state index contributed by atoms with van der Waals surface area (Å²) in [5.41, 5.74) is 4.19. The zero-order valence-corrected chi connectivity index (χ0v) is 25.1. The Labute approximate surface area is 246 Å². The Morgan fingerprint density at radius 3 is 2.52 bits per heavy atom. The van der Waals surface area contributed by atoms with Crippen LogP contribution in [0.1, 0.15) is 64.8 Å². The number of fused-ring (bicyclic) bond motifs is 4. The summed E-state index contributed by atoms with van der Waals surface area (Å²) in [5.74, 6) is -2.50. The number of nitrogens with zero attached hydrogens (tertiary/aromatic N) is 3. The van der Waals surface area contributed by atoms with Crippen LogP contribution in [0, 0.1) is 11.3 Å². The summed E-state index contributed by atoms with van der Waals surface area (Å²) in [7, 11) is 1.71. The fourth-order valence-corrected chi connectivity index (χ4v) is 5.00. The highest BCUT2D eigenvalue weighted by Gasteiger charge is 2.38. The number of hydrogen-bond donors (Lipinski definition) is 3. The molecule has 1 aromatic heterocycles. The van der Waals surface area contributed by atoms with E-state index >= 15 is 0 Å². The minimum atomic E-state index is -1.29. The number of amides is 3. The third kappa shape index (κ3) is 6.63. The second kappa shape index (κ2) is 12.6. The lowest BCUT2D eigenvalue weighted by Crippen LogP contribution is -2.62. The average Bonchev–Trinajstić information content (AvgIpc) is 2.98. The largest absolute Gasteiger partial charge is 0.451 e. The van der Waals surface area contributed by atoms with Crippen LogP contribution < -0.4 is 10.7 Å². The number of carbonyl (C=O) groups excluding carboxylic acids is 4. The van der Waals surface area contributed by atoms with Crippen molar-refractivity contribution in [2.45, 2.75) is 71.7 Å². The van der Waals surface area contributed by atoms with Crippen molar-refractivity contribution in [3.63, 3.8) is 0 Å². The van der Waals surface area contributed by atoms with E-state index in [0.717, 1.165) is 16.5 Å². The molecule has 1 saturated heterocycles. The van der Waals surface area contributed by atoms with Gasteiger partial charge in [0.05, 0.1) is 29.3 Å². The van der Waals surface area contributed by atoms with Crippen molar-refractivity contribution in [3.05, 3.63) is 47.7 Å². The van der Waals surface area contributed by atoms with E-state index in [-0.39, 0.29) is 11.9 Å². The Morgan fingerprint density at radius 2 is 1.83 bits per heavy atom. The fraction of sp³-hybridized carbons (Fsp3) is 0.516. The lowest BCUT2D eigenvalue weighted by atomic mass is 9.92. The Kier molecular flexibility index (Phi) is 9.32. The molecule has 0 saturated carbocycles. The number of rotatable bonds is 2. The number of esters is 1. The molecule has 0 aliphatic carbocycles. The smallest absolute Gasteiger partial charge is 0.316 e. The first-order chi connectivity index (χ1) is 19.8. The maximum Gasteiger partial charge on any atom is 0.316 e. The van der Waals surface area contributed by atoms with Crippen LogP contribution in [0.2, 0.25) is 0 Å². The van der Waals surface area contributed by atoms with E-state index in [2.05, 4.69) is 10.7 Å². The first-order valence-corrected chi connectivity index (χ1v) is 14.4. The number of likely N-dealkylation sites (N-methyl/N-ethyl adjacent to an activating group) is 1. The molecule has 5 bridgehead atoms. The van der Waals surface area contributed by atoms with Crippen LogP contribution in [-0.4, -0.2) is 82.1 Å². The minimum absolute atomic E-state index is 0.205. The van der Waals surface area contributed by atoms with Gasteiger partial charge in [0.1, 0.15) is 12.1 Å². The highest BCUT2D eigenvalue weighted by atomic mass is 16.5. The van der Waals surface area contributed by atoms with Crippen LogP contribution in [0.3, 0.4) is 0 Å². The molecule has 3 N–H and O–H groups in total. The molecule has 1 unspecified atom stereocenters. The molecule has 1 fully saturated rings. The normalized spacial score (nSPS) is 26.8. The number of aliphatic hydroxyl groups is 1. The molecule has 226 valence electrons. The molecule has 11 nitrogen and oxygen atoms in total. The molecule has 3 heterocycles. The summed E-state index contributed by atoms with van der Waals surface area (Å²) in [6, 6.07) is 7.32. The Bertz CT molecular complexity index is 1390. The molecule has 2 aromatic rings. The standard InChI is InChI=1S/C31H41N5O6/c1-18(2)26-27(38)33-25(17-37)29(40)36-15-7-8-23(34-36)28(39)35(6)19(3)22-12-11-21-10-9-20(16-24(21)32-22)13-14-31(4,5)30(41)42-26/h9-14,16,18-19,23,25-26,34,37H,7-8,15,17H2,1-6H3,(H,33,38)/b14-13+/t19-,23+,25?,26+/m1/s1. The first kappa shape index (κ1) is 31.1. The Morgan fingerprint density at radius 1 is 1.12 bits per heavy atom. The van der Waals surface area contributed by atoms with Crippen molar-refractivity contribution < 1.29 is 29.0 Å². The molecule has 11 heteroatoms. The predicted molar refractivity (Wildman–Crippen MR) is 157 cm³/mol. The SMILES string of the molecule is CC(C)[C@@H]1OC(=O)C(C)(C)/C=C/c2ccc3ccc(nc3c2)[C@@H](C)N(C)C(=O)[C@@H]2CCCN(N2)C(=O)C(CO)NC1=O. The second-order valence-electron chi connectivity index (χ2n) is 12.0. The highest BCUT2D eigenvalue weighted by molar-refractivity contribution is 5.92. The first-order valence-electron chi connectivity index (χ1n) is 14.4. The van der Waals surface area contributed by atoms with Crippen molar-refractivity contribution in [1.29, 1.82) is 0 Å². The summed E-state index contributed by atoms with van der Waals surface area (Å²) >= 11 is 0. The maximum absolute atomic E-state index is 13.5. The molecule has 0 radical (unpaired) electrons. The summed E-state index contributed by atoms with van der Waals surface area (Å²) in [5, 5.41) is 14.8. The molecule has 2 aliphatic rings. The Balaban J connectivity index is 1.75. The van der Waals surface area contributed by atoms with Crippen molar-refractivity contribution in [2.24, 2.45) is 11.3 Å². The van der Waals surface area contributed by atoms with Crippen LogP contribution in [0.15, 0.2) is 36.4 Å². The van der Waals surface area contributed by atoms with Gasteiger partial charge in [-0.3, -0.25) is 29.2 Å². The van der Waals surface area contributed by atoms with Gasteiger partial charge in [0, 0.05) is 19.0 Å². The van der Waals surface area contributed by atoms with Gasteiger partial charge in [-0.25, -0.2) is 5.43 Å². The van der Waals surface area contributed by atoms with Crippen LogP contribution in [-0.2, 0) is 23.9 Å². The predicted octanol–water partition coefficient (Wildman–Crippen LogP) is 2.35. The van der Waals surface area contributed by atoms with E-state index in [1.165, 1.54) is 5.01 Å². The van der Waals surface area contributed by atoms with E-state index in [9.17, 15) is 24.3 Å². The van der Waals surface area contributed by atoms with E-state index in [1.54, 1.807) is 45.7 Å². The summed E-state index contributed by atoms with van der Waals surface area (Å²) in [6.07, 6.45) is 3.39. The third-order valence-electron chi connectivity index (χ3n) is 7.96. The number of benzene rings is 1. The molecule has 4 rings (SSSR count). The number of ether oxygens (including phenoxy) is 1. The Hall–Kier alpha value is -3.83. The van der Waals surface area contributed by atoms with Crippen LogP contribution in [0.5, 0.6) is 0 Å². The van der Waals surface area contributed by atoms with Crippen molar-refractivity contribution in [3.8, 4) is 0 Å². The van der Waals surface area contributed by atoms with E-state index < -0.39 is 53.9 Å². The van der Waals surface area contributed by atoms with E-state index in [0.29, 0.717) is 25.1 Å². The summed E-state index contributed by atoms with van der Waals surface area (Å²) in [6.45, 7) is 8.38. The van der Waals surface area contributed by atoms with E-state index in [1.807, 2.05) is 43.3 Å². The number of aliphatic hydroxyl groups excluding tert-OH is 1. The highest BCUT2D eigenvalue weighted by Crippen LogP contribution is 2.26. The number of hydrazine groups is 1. The van der Waals surface area contributed by atoms with Crippen molar-refractivity contribution in [2.75, 3.05) is 20.2 Å². The third-order valence-corrected chi connectivity index (χ3v) is 7.96. The average molecular weight is 580 g/mol. The topological polar surface area (TPSA) is 141 Å². The molecule has 2 aliphatic heterocycles. The van der Waals surface area contributed by atoms with Gasteiger partial charge in [-0.05, 0) is 57.2 Å². The van der Waals surface area contributed by atoms with E-state index in [4.69, 9.17) is 9.72 Å². The number of nitrogens with one attached hydrogen (secondary N) is 2. The molecule has 42 heavy (non-hydrogen) atoms. The monoisotopic (exact) mass is 579 g/mol. The minimum Gasteiger partial charge on any atom is -0.451 e. The summed E-state index contributed by atoms with van der Waals surface area (Å²) < 4.78 is 5.68. The lowest BCUT2D eigenvalue weighted by Gasteiger charge is -2.37. The van der Waals surface area contributed by atoms with Gasteiger partial charge >= 0.3 is 5.97 Å². The number of cyclic esters (lactones) is 1. The van der Waals surface area contributed by atoms with Crippen LogP contribution in [0.25, 0.3) is 17.0 Å². The van der Waals surface area contributed by atoms with Gasteiger partial charge in [0.15, 0.2) is 6.10 Å². The van der Waals surface area contributed by atoms with Crippen molar-refractivity contribution >= 4 is 40.7 Å². The van der Waals surface area contributed by atoms with Gasteiger partial charge in [-0.15, -0.1) is 0 Å². The molecule has 4 atom stereocenters. The zero-order valence-electron chi connectivity index (χ0n) is 25.1. The number of carbonyl (C=O) groups is 4. The molecule has 1 aromatic carbocycles. The maximum atomic E-state index is 13.5. The van der Waals surface area contributed by atoms with Gasteiger partial charge in [-0.2, -0.15) is 0 Å². The second-order valence-corrected chi connectivity index (χ2v) is 12.0. The van der Waals surface area contributed by atoms with Gasteiger partial charge in [0.25, 0.3) is 11.8 Å². The number of pyridine rings is 1. The van der Waals surface area contributed by atoms with Gasteiger partial charge in [-0.1, -0.05) is 44.2 Å². The fourth-order valence-electron chi connectivity index (χ4n) is 5.00. The van der Waals surface area contributed by atoms with Crippen molar-refractivity contribution in [1.82, 2.24) is 25.6 Å². The molecule has 3 amide bonds. The van der Waals surface area contributed by atoms with Gasteiger partial charge < -0.3 is 20.1 Å². The molecule has 0 spiro atoms. The quantitative estimate of drug-likeness (QED) is 0.461. The summed E-state index contributed by atoms with van der Waals surface area (Å²) in [4.78, 5) is 59.8.